The fourth-order valence-corrected chi connectivity index (χ4v) is 6.19. The molecule has 1 aliphatic heterocycles. The van der Waals surface area contributed by atoms with Crippen LogP contribution in [0.3, 0.4) is 0 Å². The summed E-state index contributed by atoms with van der Waals surface area (Å²) < 4.78 is 4.88. The predicted octanol–water partition coefficient (Wildman–Crippen LogP) is 1.70. The summed E-state index contributed by atoms with van der Waals surface area (Å²) in [7, 11) is 0. The standard InChI is InChI=1S/C15H15Br2N3O4/c1-5-2-8(19-24-5)18-9(21)4-20-14(22)10-6-3-7(11(10)15(20)23)13(17)12(6)16/h2,6-7,10-13H,3-4H2,1H3,(H,18,19,21)/t6-,7+,10+,11-,12+,13-. The van der Waals surface area contributed by atoms with E-state index in [1.807, 2.05) is 0 Å². The number of hydrogen-bond donors (Lipinski definition) is 1. The number of alkyl halides is 2. The van der Waals surface area contributed by atoms with Gasteiger partial charge in [0.15, 0.2) is 5.82 Å². The molecule has 1 aromatic rings. The molecule has 1 N–H and O–H groups in total. The van der Waals surface area contributed by atoms with Gasteiger partial charge < -0.3 is 9.84 Å². The first-order valence-electron chi connectivity index (χ1n) is 7.75. The summed E-state index contributed by atoms with van der Waals surface area (Å²) in [5.74, 6) is -0.386. The second-order valence-electron chi connectivity index (χ2n) is 6.64. The fraction of sp³-hybridized carbons (Fsp3) is 0.600. The first kappa shape index (κ1) is 16.3. The number of aromatic nitrogens is 1. The zero-order valence-corrected chi connectivity index (χ0v) is 15.9. The number of imide groups is 1. The Kier molecular flexibility index (Phi) is 3.83. The lowest BCUT2D eigenvalue weighted by Crippen LogP contribution is -2.39. The van der Waals surface area contributed by atoms with Gasteiger partial charge in [0.05, 0.1) is 11.8 Å². The number of nitrogens with one attached hydrogen (secondary N) is 1. The molecule has 128 valence electrons. The minimum atomic E-state index is -0.455. The molecular weight excluding hydrogens is 446 g/mol. The maximum atomic E-state index is 12.7. The number of aryl methyl sites for hydroxylation is 1. The minimum absolute atomic E-state index is 0.145. The number of carbonyl (C=O) groups is 3. The molecule has 3 aliphatic rings. The summed E-state index contributed by atoms with van der Waals surface area (Å²) in [5.41, 5.74) is 0. The number of amides is 3. The van der Waals surface area contributed by atoms with E-state index in [9.17, 15) is 14.4 Å². The van der Waals surface area contributed by atoms with Gasteiger partial charge in [-0.1, -0.05) is 37.0 Å². The van der Waals surface area contributed by atoms with Crippen LogP contribution >= 0.6 is 31.9 Å². The molecule has 2 saturated carbocycles. The van der Waals surface area contributed by atoms with Crippen LogP contribution in [0.25, 0.3) is 0 Å². The van der Waals surface area contributed by atoms with Crippen molar-refractivity contribution in [2.45, 2.75) is 23.0 Å². The van der Waals surface area contributed by atoms with Crippen LogP contribution < -0.4 is 5.32 Å². The minimum Gasteiger partial charge on any atom is -0.360 e. The van der Waals surface area contributed by atoms with Gasteiger partial charge in [-0.2, -0.15) is 0 Å². The largest absolute Gasteiger partial charge is 0.360 e. The first-order chi connectivity index (χ1) is 11.4. The summed E-state index contributed by atoms with van der Waals surface area (Å²) in [6, 6.07) is 1.57. The molecule has 3 amide bonds. The number of rotatable bonds is 3. The van der Waals surface area contributed by atoms with Gasteiger partial charge in [0.2, 0.25) is 17.7 Å². The zero-order chi connectivity index (χ0) is 17.2. The monoisotopic (exact) mass is 459 g/mol. The lowest BCUT2D eigenvalue weighted by molar-refractivity contribution is -0.143. The summed E-state index contributed by atoms with van der Waals surface area (Å²) in [6.45, 7) is 1.43. The molecule has 6 atom stereocenters. The van der Waals surface area contributed by atoms with Crippen molar-refractivity contribution >= 4 is 55.4 Å². The summed E-state index contributed by atoms with van der Waals surface area (Å²) in [5, 5.41) is 6.22. The normalized spacial score (nSPS) is 37.2. The van der Waals surface area contributed by atoms with Crippen molar-refractivity contribution < 1.29 is 18.9 Å². The van der Waals surface area contributed by atoms with Crippen LogP contribution in [0.15, 0.2) is 10.6 Å². The van der Waals surface area contributed by atoms with Crippen molar-refractivity contribution in [2.75, 3.05) is 11.9 Å². The number of nitrogens with zero attached hydrogens (tertiary/aromatic N) is 2. The quantitative estimate of drug-likeness (QED) is 0.547. The number of likely N-dealkylation sites (tertiary alicyclic amines) is 1. The van der Waals surface area contributed by atoms with Crippen molar-refractivity contribution in [1.82, 2.24) is 10.1 Å². The third-order valence-electron chi connectivity index (χ3n) is 5.28. The van der Waals surface area contributed by atoms with E-state index >= 15 is 0 Å². The Morgan fingerprint density at radius 1 is 1.29 bits per heavy atom. The molecule has 24 heavy (non-hydrogen) atoms. The van der Waals surface area contributed by atoms with E-state index < -0.39 is 5.91 Å². The zero-order valence-electron chi connectivity index (χ0n) is 12.7. The van der Waals surface area contributed by atoms with Gasteiger partial charge >= 0.3 is 0 Å². The number of carbonyl (C=O) groups excluding carboxylic acids is 3. The van der Waals surface area contributed by atoms with E-state index in [1.165, 1.54) is 0 Å². The Balaban J connectivity index is 1.48. The molecule has 0 radical (unpaired) electrons. The lowest BCUT2D eigenvalue weighted by Gasteiger charge is -2.28. The Labute approximate surface area is 154 Å². The van der Waals surface area contributed by atoms with Gasteiger partial charge in [-0.25, -0.2) is 0 Å². The molecule has 0 aromatic carbocycles. The van der Waals surface area contributed by atoms with Crippen LogP contribution in [0.5, 0.6) is 0 Å². The van der Waals surface area contributed by atoms with Crippen molar-refractivity contribution in [3.8, 4) is 0 Å². The topological polar surface area (TPSA) is 92.5 Å². The van der Waals surface area contributed by atoms with Crippen LogP contribution in [0.1, 0.15) is 12.2 Å². The molecule has 4 rings (SSSR count). The Morgan fingerprint density at radius 3 is 2.38 bits per heavy atom. The number of halogens is 2. The predicted molar refractivity (Wildman–Crippen MR) is 90.6 cm³/mol. The van der Waals surface area contributed by atoms with E-state index in [1.54, 1.807) is 13.0 Å². The third kappa shape index (κ3) is 2.28. The van der Waals surface area contributed by atoms with E-state index in [2.05, 4.69) is 42.3 Å². The Hall–Kier alpha value is -1.22. The molecule has 1 saturated heterocycles. The second-order valence-corrected chi connectivity index (χ2v) is 8.75. The molecule has 2 bridgehead atoms. The number of anilines is 1. The smallest absolute Gasteiger partial charge is 0.245 e. The van der Waals surface area contributed by atoms with Gasteiger partial charge in [0.25, 0.3) is 0 Å². The molecular formula is C15H15Br2N3O4. The van der Waals surface area contributed by atoms with Crippen molar-refractivity contribution in [1.29, 1.82) is 0 Å². The molecule has 7 nitrogen and oxygen atoms in total. The highest BCUT2D eigenvalue weighted by Crippen LogP contribution is 2.60. The van der Waals surface area contributed by atoms with Crippen LogP contribution in [0, 0.1) is 30.6 Å². The molecule has 3 fully saturated rings. The van der Waals surface area contributed by atoms with Crippen LogP contribution in [-0.4, -0.2) is 44.0 Å². The maximum Gasteiger partial charge on any atom is 0.245 e. The molecule has 2 heterocycles. The molecule has 1 aromatic heterocycles. The van der Waals surface area contributed by atoms with Gasteiger partial charge in [-0.3, -0.25) is 19.3 Å². The summed E-state index contributed by atoms with van der Waals surface area (Å²) >= 11 is 7.27. The Bertz CT molecular complexity index is 704. The van der Waals surface area contributed by atoms with E-state index in [0.29, 0.717) is 5.76 Å². The Morgan fingerprint density at radius 2 is 1.88 bits per heavy atom. The third-order valence-corrected chi connectivity index (χ3v) is 8.48. The van der Waals surface area contributed by atoms with Gasteiger partial charge in [-0.15, -0.1) is 0 Å². The highest BCUT2D eigenvalue weighted by atomic mass is 79.9. The molecule has 2 aliphatic carbocycles. The van der Waals surface area contributed by atoms with Gasteiger partial charge in [0.1, 0.15) is 12.3 Å². The van der Waals surface area contributed by atoms with Crippen molar-refractivity contribution in [2.24, 2.45) is 23.7 Å². The maximum absolute atomic E-state index is 12.7. The van der Waals surface area contributed by atoms with Crippen LogP contribution in [0.2, 0.25) is 0 Å². The van der Waals surface area contributed by atoms with Gasteiger partial charge in [-0.05, 0) is 25.2 Å². The molecule has 9 heteroatoms. The van der Waals surface area contributed by atoms with Gasteiger partial charge in [0, 0.05) is 15.7 Å². The highest BCUT2D eigenvalue weighted by molar-refractivity contribution is 9.12. The van der Waals surface area contributed by atoms with Crippen molar-refractivity contribution in [3.05, 3.63) is 11.8 Å². The lowest BCUT2D eigenvalue weighted by atomic mass is 9.81. The van der Waals surface area contributed by atoms with Crippen molar-refractivity contribution in [3.63, 3.8) is 0 Å². The SMILES string of the molecule is Cc1cc(NC(=O)CN2C(=O)[C@@H]3[C@@H]4C[C@@H]([C@H](Br)[C@@H]4Br)[C@@H]3C2=O)no1. The van der Waals surface area contributed by atoms with E-state index in [-0.39, 0.29) is 57.5 Å². The molecule has 0 unspecified atom stereocenters. The second kappa shape index (κ2) is 5.66. The average Bonchev–Trinajstić information content (AvgIpc) is 3.23. The van der Waals surface area contributed by atoms with Crippen LogP contribution in [0.4, 0.5) is 5.82 Å². The summed E-state index contributed by atoms with van der Waals surface area (Å²) in [6.07, 6.45) is 0.872. The average molecular weight is 461 g/mol. The fourth-order valence-electron chi connectivity index (χ4n) is 4.32. The van der Waals surface area contributed by atoms with Crippen LogP contribution in [-0.2, 0) is 14.4 Å². The highest BCUT2D eigenvalue weighted by Gasteiger charge is 2.66. The first-order valence-corrected chi connectivity index (χ1v) is 9.58. The summed E-state index contributed by atoms with van der Waals surface area (Å²) in [4.78, 5) is 39.0. The van der Waals surface area contributed by atoms with E-state index in [0.717, 1.165) is 11.3 Å². The molecule has 0 spiro atoms. The van der Waals surface area contributed by atoms with E-state index in [4.69, 9.17) is 4.52 Å². The number of fused-ring (bicyclic) bond motifs is 5. The number of hydrogen-bond acceptors (Lipinski definition) is 5.